The Morgan fingerprint density at radius 3 is 1.76 bits per heavy atom. The molecule has 0 fully saturated rings. The molecule has 206 valence electrons. The summed E-state index contributed by atoms with van der Waals surface area (Å²) in [6, 6.07) is 32.6. The lowest BCUT2D eigenvalue weighted by molar-refractivity contribution is 0.271. The number of hydrogen-bond donors (Lipinski definition) is 3. The number of benzene rings is 4. The van der Waals surface area contributed by atoms with Gasteiger partial charge in [0.15, 0.2) is 0 Å². The first kappa shape index (κ1) is 26.0. The summed E-state index contributed by atoms with van der Waals surface area (Å²) in [6.45, 7) is 8.11. The summed E-state index contributed by atoms with van der Waals surface area (Å²) < 4.78 is 0. The maximum absolute atomic E-state index is 5.00. The first-order valence-corrected chi connectivity index (χ1v) is 14.7. The zero-order valence-electron chi connectivity index (χ0n) is 23.4. The SMILES string of the molecule is c1ccc2c(CNCCN3CCNCc4ccc5ccc6ccc(nc6c5n4)CNCC3)c3ccccc3cc2c1. The van der Waals surface area contributed by atoms with Crippen LogP contribution in [-0.4, -0.2) is 54.1 Å². The molecule has 1 aliphatic rings. The van der Waals surface area contributed by atoms with Gasteiger partial charge in [-0.2, -0.15) is 0 Å². The van der Waals surface area contributed by atoms with Gasteiger partial charge in [-0.25, -0.2) is 9.97 Å². The number of pyridine rings is 2. The van der Waals surface area contributed by atoms with Crippen LogP contribution in [0.4, 0.5) is 0 Å². The fraction of sp³-hybridized carbons (Fsp3) is 0.257. The number of nitrogens with one attached hydrogen (secondary N) is 3. The molecule has 0 radical (unpaired) electrons. The van der Waals surface area contributed by atoms with Crippen LogP contribution < -0.4 is 16.0 Å². The van der Waals surface area contributed by atoms with Gasteiger partial charge in [0.1, 0.15) is 0 Å². The molecule has 3 N–H and O–H groups in total. The third-order valence-electron chi connectivity index (χ3n) is 8.25. The lowest BCUT2D eigenvalue weighted by Crippen LogP contribution is -2.40. The van der Waals surface area contributed by atoms with E-state index in [1.54, 1.807) is 0 Å². The van der Waals surface area contributed by atoms with Gasteiger partial charge in [0, 0.05) is 69.7 Å². The zero-order chi connectivity index (χ0) is 27.4. The van der Waals surface area contributed by atoms with Crippen LogP contribution in [0.25, 0.3) is 43.4 Å². The van der Waals surface area contributed by atoms with Gasteiger partial charge >= 0.3 is 0 Å². The van der Waals surface area contributed by atoms with E-state index in [0.717, 1.165) is 92.1 Å². The Labute approximate surface area is 240 Å². The Bertz CT molecular complexity index is 1710. The summed E-state index contributed by atoms with van der Waals surface area (Å²) in [5.41, 5.74) is 5.48. The van der Waals surface area contributed by atoms with Crippen molar-refractivity contribution in [3.8, 4) is 0 Å². The van der Waals surface area contributed by atoms with Crippen LogP contribution in [0.1, 0.15) is 17.0 Å². The molecule has 6 nitrogen and oxygen atoms in total. The van der Waals surface area contributed by atoms with Crippen molar-refractivity contribution in [2.45, 2.75) is 19.6 Å². The molecule has 7 rings (SSSR count). The van der Waals surface area contributed by atoms with Crippen molar-refractivity contribution >= 4 is 43.4 Å². The summed E-state index contributed by atoms with van der Waals surface area (Å²) in [6.07, 6.45) is 0. The first-order valence-electron chi connectivity index (χ1n) is 14.7. The Morgan fingerprint density at radius 2 is 1.17 bits per heavy atom. The molecule has 6 heteroatoms. The van der Waals surface area contributed by atoms with E-state index in [0.29, 0.717) is 0 Å². The van der Waals surface area contributed by atoms with Gasteiger partial charge < -0.3 is 16.0 Å². The molecular weight excluding hydrogens is 504 g/mol. The van der Waals surface area contributed by atoms with Gasteiger partial charge in [0.2, 0.25) is 0 Å². The van der Waals surface area contributed by atoms with E-state index in [9.17, 15) is 0 Å². The van der Waals surface area contributed by atoms with E-state index in [1.165, 1.54) is 27.1 Å². The minimum atomic E-state index is 0.754. The molecule has 0 saturated heterocycles. The van der Waals surface area contributed by atoms with Gasteiger partial charge in [0.05, 0.1) is 22.4 Å². The molecule has 3 heterocycles. The number of nitrogens with zero attached hydrogens (tertiary/aromatic N) is 3. The van der Waals surface area contributed by atoms with E-state index in [-0.39, 0.29) is 0 Å². The number of hydrogen-bond acceptors (Lipinski definition) is 6. The summed E-state index contributed by atoms with van der Waals surface area (Å²) in [5.74, 6) is 0. The van der Waals surface area contributed by atoms with Crippen LogP contribution >= 0.6 is 0 Å². The minimum Gasteiger partial charge on any atom is -0.311 e. The number of aromatic nitrogens is 2. The average Bonchev–Trinajstić information content (AvgIpc) is 3.02. The Morgan fingerprint density at radius 1 is 0.634 bits per heavy atom. The molecule has 6 aromatic rings. The second-order valence-electron chi connectivity index (χ2n) is 11.0. The predicted molar refractivity (Wildman–Crippen MR) is 170 cm³/mol. The molecule has 4 aromatic carbocycles. The molecule has 0 amide bonds. The van der Waals surface area contributed by atoms with Crippen LogP contribution in [-0.2, 0) is 19.6 Å². The van der Waals surface area contributed by atoms with E-state index in [1.807, 2.05) is 0 Å². The number of rotatable bonds is 5. The zero-order valence-corrected chi connectivity index (χ0v) is 23.4. The largest absolute Gasteiger partial charge is 0.311 e. The summed E-state index contributed by atoms with van der Waals surface area (Å²) >= 11 is 0. The smallest absolute Gasteiger partial charge is 0.0968 e. The van der Waals surface area contributed by atoms with Crippen molar-refractivity contribution in [2.24, 2.45) is 0 Å². The van der Waals surface area contributed by atoms with Gasteiger partial charge in [-0.3, -0.25) is 4.90 Å². The Hall–Kier alpha value is -3.94. The van der Waals surface area contributed by atoms with Gasteiger partial charge in [-0.15, -0.1) is 0 Å². The molecule has 2 aromatic heterocycles. The van der Waals surface area contributed by atoms with Crippen LogP contribution in [0.3, 0.4) is 0 Å². The van der Waals surface area contributed by atoms with Crippen molar-refractivity contribution in [1.29, 1.82) is 0 Å². The van der Waals surface area contributed by atoms with Gasteiger partial charge in [-0.05, 0) is 45.3 Å². The highest BCUT2D eigenvalue weighted by Gasteiger charge is 2.11. The van der Waals surface area contributed by atoms with Crippen molar-refractivity contribution in [1.82, 2.24) is 30.8 Å². The lowest BCUT2D eigenvalue weighted by Gasteiger charge is -2.23. The molecule has 0 atom stereocenters. The molecule has 0 saturated carbocycles. The summed E-state index contributed by atoms with van der Waals surface area (Å²) in [7, 11) is 0. The number of fused-ring (bicyclic) bond motifs is 4. The van der Waals surface area contributed by atoms with Crippen LogP contribution in [0.5, 0.6) is 0 Å². The molecule has 0 aliphatic carbocycles. The predicted octanol–water partition coefficient (Wildman–Crippen LogP) is 5.37. The third kappa shape index (κ3) is 5.65. The molecule has 4 bridgehead atoms. The maximum Gasteiger partial charge on any atom is 0.0968 e. The second-order valence-corrected chi connectivity index (χ2v) is 11.0. The highest BCUT2D eigenvalue weighted by molar-refractivity contribution is 6.03. The van der Waals surface area contributed by atoms with Gasteiger partial charge in [-0.1, -0.05) is 72.8 Å². The van der Waals surface area contributed by atoms with E-state index in [4.69, 9.17) is 9.97 Å². The fourth-order valence-corrected chi connectivity index (χ4v) is 6.04. The quantitative estimate of drug-likeness (QED) is 0.155. The second kappa shape index (κ2) is 11.9. The lowest BCUT2D eigenvalue weighted by atomic mass is 9.97. The molecule has 0 spiro atoms. The topological polar surface area (TPSA) is 65.1 Å². The van der Waals surface area contributed by atoms with Crippen molar-refractivity contribution in [3.63, 3.8) is 0 Å². The van der Waals surface area contributed by atoms with Crippen LogP contribution in [0.15, 0.2) is 91.0 Å². The van der Waals surface area contributed by atoms with E-state index < -0.39 is 0 Å². The van der Waals surface area contributed by atoms with Crippen molar-refractivity contribution in [2.75, 3.05) is 39.3 Å². The van der Waals surface area contributed by atoms with Gasteiger partial charge in [0.25, 0.3) is 0 Å². The fourth-order valence-electron chi connectivity index (χ4n) is 6.04. The molecule has 0 unspecified atom stereocenters. The monoisotopic (exact) mass is 540 g/mol. The third-order valence-corrected chi connectivity index (χ3v) is 8.25. The van der Waals surface area contributed by atoms with E-state index >= 15 is 0 Å². The molecule has 41 heavy (non-hydrogen) atoms. The van der Waals surface area contributed by atoms with E-state index in [2.05, 4.69) is 112 Å². The average molecular weight is 541 g/mol. The van der Waals surface area contributed by atoms with Crippen molar-refractivity contribution in [3.05, 3.63) is 108 Å². The Kier molecular flexibility index (Phi) is 7.54. The highest BCUT2D eigenvalue weighted by Crippen LogP contribution is 2.28. The normalized spacial score (nSPS) is 15.3. The summed E-state index contributed by atoms with van der Waals surface area (Å²) in [4.78, 5) is 12.5. The summed E-state index contributed by atoms with van der Waals surface area (Å²) in [5, 5.41) is 18.6. The first-order chi connectivity index (χ1) is 20.3. The molecule has 1 aliphatic heterocycles. The molecular formula is C35H36N6. The standard InChI is InChI=1S/C35H36N6/c1-3-7-31-27(5-1)21-28-6-2-4-8-32(28)33(31)24-38-17-20-41-18-15-36-22-29-13-11-25-9-10-26-12-14-30(23-37-16-19-41)40-35(26)34(25)39-29/h1-14,21,36-38H,15-20,22-24H2. The highest BCUT2D eigenvalue weighted by atomic mass is 15.2. The maximum atomic E-state index is 5.00. The Balaban J connectivity index is 1.03. The van der Waals surface area contributed by atoms with Crippen LogP contribution in [0.2, 0.25) is 0 Å². The minimum absolute atomic E-state index is 0.754. The van der Waals surface area contributed by atoms with Crippen LogP contribution in [0, 0.1) is 0 Å². The van der Waals surface area contributed by atoms with Crippen molar-refractivity contribution < 1.29 is 0 Å².